The van der Waals surface area contributed by atoms with Crippen molar-refractivity contribution in [2.75, 3.05) is 23.3 Å². The van der Waals surface area contributed by atoms with E-state index >= 15 is 0 Å². The molecule has 3 aromatic rings. The van der Waals surface area contributed by atoms with Gasteiger partial charge in [-0.3, -0.25) is 9.10 Å². The quantitative estimate of drug-likeness (QED) is 0.459. The standard InChI is InChI=1S/C23H20Cl2N2O5S/c1-15-18(23(29)32-2)9-6-10-21(15)26-22(28)14-27(16-11-12-19(24)20(25)13-16)33(30,31)17-7-4-3-5-8-17/h3-13H,14H2,1-2H3,(H,26,28). The first kappa shape index (κ1) is 24.6. The largest absolute Gasteiger partial charge is 0.465 e. The summed E-state index contributed by atoms with van der Waals surface area (Å²) in [7, 11) is -2.85. The first-order valence-corrected chi connectivity index (χ1v) is 11.9. The summed E-state index contributed by atoms with van der Waals surface area (Å²) in [6.45, 7) is 1.11. The van der Waals surface area contributed by atoms with Gasteiger partial charge in [-0.25, -0.2) is 13.2 Å². The Kier molecular flexibility index (Phi) is 7.63. The van der Waals surface area contributed by atoms with E-state index in [9.17, 15) is 18.0 Å². The van der Waals surface area contributed by atoms with E-state index in [1.165, 1.54) is 37.4 Å². The van der Waals surface area contributed by atoms with Crippen molar-refractivity contribution in [2.45, 2.75) is 11.8 Å². The Bertz CT molecular complexity index is 1300. The molecule has 0 aliphatic rings. The molecule has 0 spiro atoms. The number of nitrogens with zero attached hydrogens (tertiary/aromatic N) is 1. The Hall–Kier alpha value is -3.07. The number of sulfonamides is 1. The molecular formula is C23H20Cl2N2O5S. The number of ether oxygens (including phenoxy) is 1. The molecule has 0 aromatic heterocycles. The SMILES string of the molecule is COC(=O)c1cccc(NC(=O)CN(c2ccc(Cl)c(Cl)c2)S(=O)(=O)c2ccccc2)c1C. The van der Waals surface area contributed by atoms with Crippen LogP contribution in [0.5, 0.6) is 0 Å². The smallest absolute Gasteiger partial charge is 0.338 e. The third kappa shape index (κ3) is 5.47. The molecular weight excluding hydrogens is 487 g/mol. The third-order valence-electron chi connectivity index (χ3n) is 4.82. The second-order valence-electron chi connectivity index (χ2n) is 6.94. The molecule has 3 rings (SSSR count). The van der Waals surface area contributed by atoms with Crippen LogP contribution in [0.15, 0.2) is 71.6 Å². The fourth-order valence-electron chi connectivity index (χ4n) is 3.10. The van der Waals surface area contributed by atoms with Crippen molar-refractivity contribution >= 4 is 56.5 Å². The summed E-state index contributed by atoms with van der Waals surface area (Å²) in [5.74, 6) is -1.17. The number of anilines is 2. The predicted molar refractivity (Wildman–Crippen MR) is 129 cm³/mol. The minimum absolute atomic E-state index is 0.00717. The Morgan fingerprint density at radius 3 is 2.30 bits per heavy atom. The molecule has 1 amide bonds. The van der Waals surface area contributed by atoms with Crippen LogP contribution in [-0.2, 0) is 19.6 Å². The number of carbonyl (C=O) groups excluding carboxylic acids is 2. The van der Waals surface area contributed by atoms with Gasteiger partial charge in [0.15, 0.2) is 0 Å². The summed E-state index contributed by atoms with van der Waals surface area (Å²) in [5.41, 5.74) is 1.30. The van der Waals surface area contributed by atoms with Gasteiger partial charge in [0.2, 0.25) is 5.91 Å². The van der Waals surface area contributed by atoms with Crippen molar-refractivity contribution in [3.8, 4) is 0 Å². The van der Waals surface area contributed by atoms with Crippen molar-refractivity contribution in [3.63, 3.8) is 0 Å². The highest BCUT2D eigenvalue weighted by molar-refractivity contribution is 7.92. The number of carbonyl (C=O) groups is 2. The van der Waals surface area contributed by atoms with Crippen molar-refractivity contribution in [1.29, 1.82) is 0 Å². The highest BCUT2D eigenvalue weighted by Gasteiger charge is 2.28. The van der Waals surface area contributed by atoms with Gasteiger partial charge in [-0.1, -0.05) is 47.5 Å². The Balaban J connectivity index is 1.97. The van der Waals surface area contributed by atoms with Gasteiger partial charge in [0, 0.05) is 5.69 Å². The summed E-state index contributed by atoms with van der Waals surface area (Å²) in [4.78, 5) is 24.9. The first-order valence-electron chi connectivity index (χ1n) is 9.65. The normalized spacial score (nSPS) is 11.0. The molecule has 0 atom stereocenters. The average molecular weight is 507 g/mol. The van der Waals surface area contributed by atoms with E-state index in [1.807, 2.05) is 0 Å². The lowest BCUT2D eigenvalue weighted by atomic mass is 10.1. The van der Waals surface area contributed by atoms with Gasteiger partial charge < -0.3 is 10.1 Å². The molecule has 1 N–H and O–H groups in total. The van der Waals surface area contributed by atoms with Crippen LogP contribution in [0.3, 0.4) is 0 Å². The molecule has 0 saturated carbocycles. The van der Waals surface area contributed by atoms with Crippen molar-refractivity contribution in [2.24, 2.45) is 0 Å². The molecule has 0 bridgehead atoms. The molecule has 0 aliphatic carbocycles. The lowest BCUT2D eigenvalue weighted by Gasteiger charge is -2.24. The summed E-state index contributed by atoms with van der Waals surface area (Å²) in [6.07, 6.45) is 0. The number of esters is 1. The zero-order valence-corrected chi connectivity index (χ0v) is 20.0. The molecule has 0 unspecified atom stereocenters. The Labute approximate surface area is 201 Å². The van der Waals surface area contributed by atoms with Gasteiger partial charge in [0.1, 0.15) is 6.54 Å². The summed E-state index contributed by atoms with van der Waals surface area (Å²) < 4.78 is 32.4. The van der Waals surface area contributed by atoms with Crippen LogP contribution in [0.2, 0.25) is 10.0 Å². The van der Waals surface area contributed by atoms with Crippen molar-refractivity contribution < 1.29 is 22.7 Å². The summed E-state index contributed by atoms with van der Waals surface area (Å²) >= 11 is 12.1. The number of halogens is 2. The monoisotopic (exact) mass is 506 g/mol. The Morgan fingerprint density at radius 2 is 1.67 bits per heavy atom. The van der Waals surface area contributed by atoms with Crippen LogP contribution in [0.4, 0.5) is 11.4 Å². The predicted octanol–water partition coefficient (Wildman–Crippen LogP) is 4.92. The second-order valence-corrected chi connectivity index (χ2v) is 9.62. The van der Waals surface area contributed by atoms with Gasteiger partial charge in [-0.2, -0.15) is 0 Å². The molecule has 0 radical (unpaired) electrons. The highest BCUT2D eigenvalue weighted by atomic mass is 35.5. The number of benzene rings is 3. The second kappa shape index (κ2) is 10.2. The fourth-order valence-corrected chi connectivity index (χ4v) is 4.82. The van der Waals surface area contributed by atoms with E-state index in [1.54, 1.807) is 43.3 Å². The van der Waals surface area contributed by atoms with E-state index in [0.717, 1.165) is 4.31 Å². The zero-order valence-electron chi connectivity index (χ0n) is 17.7. The van der Waals surface area contributed by atoms with Crippen molar-refractivity contribution in [1.82, 2.24) is 0 Å². The van der Waals surface area contributed by atoms with Crippen LogP contribution in [0, 0.1) is 6.92 Å². The van der Waals surface area contributed by atoms with Gasteiger partial charge in [0.25, 0.3) is 10.0 Å². The van der Waals surface area contributed by atoms with Crippen LogP contribution >= 0.6 is 23.2 Å². The minimum Gasteiger partial charge on any atom is -0.465 e. The molecule has 172 valence electrons. The average Bonchev–Trinajstić information content (AvgIpc) is 2.80. The van der Waals surface area contributed by atoms with Gasteiger partial charge in [-0.05, 0) is 55.0 Å². The van der Waals surface area contributed by atoms with Gasteiger partial charge in [-0.15, -0.1) is 0 Å². The Morgan fingerprint density at radius 1 is 0.970 bits per heavy atom. The lowest BCUT2D eigenvalue weighted by Crippen LogP contribution is -2.38. The van der Waals surface area contributed by atoms with Crippen LogP contribution in [-0.4, -0.2) is 33.9 Å². The number of rotatable bonds is 7. The van der Waals surface area contributed by atoms with Crippen LogP contribution in [0.1, 0.15) is 15.9 Å². The fraction of sp³-hybridized carbons (Fsp3) is 0.130. The summed E-state index contributed by atoms with van der Waals surface area (Å²) in [6, 6.07) is 16.8. The molecule has 0 fully saturated rings. The molecule has 33 heavy (non-hydrogen) atoms. The van der Waals surface area contributed by atoms with Crippen LogP contribution < -0.4 is 9.62 Å². The van der Waals surface area contributed by atoms with Crippen LogP contribution in [0.25, 0.3) is 0 Å². The van der Waals surface area contributed by atoms with E-state index in [0.29, 0.717) is 11.3 Å². The van der Waals surface area contributed by atoms with E-state index in [4.69, 9.17) is 27.9 Å². The maximum Gasteiger partial charge on any atom is 0.338 e. The van der Waals surface area contributed by atoms with E-state index in [-0.39, 0.29) is 26.2 Å². The minimum atomic E-state index is -4.11. The maximum absolute atomic E-state index is 13.4. The number of hydrogen-bond donors (Lipinski definition) is 1. The number of nitrogens with one attached hydrogen (secondary N) is 1. The van der Waals surface area contributed by atoms with Gasteiger partial charge in [0.05, 0.1) is 33.3 Å². The zero-order chi connectivity index (χ0) is 24.2. The molecule has 0 saturated heterocycles. The molecule has 10 heteroatoms. The lowest BCUT2D eigenvalue weighted by molar-refractivity contribution is -0.114. The number of methoxy groups -OCH3 is 1. The summed E-state index contributed by atoms with van der Waals surface area (Å²) in [5, 5.41) is 3.06. The third-order valence-corrected chi connectivity index (χ3v) is 7.35. The maximum atomic E-state index is 13.4. The first-order chi connectivity index (χ1) is 15.6. The highest BCUT2D eigenvalue weighted by Crippen LogP contribution is 2.30. The molecule has 7 nitrogen and oxygen atoms in total. The van der Waals surface area contributed by atoms with Gasteiger partial charge >= 0.3 is 5.97 Å². The number of amides is 1. The topological polar surface area (TPSA) is 92.8 Å². The van der Waals surface area contributed by atoms with E-state index in [2.05, 4.69) is 5.32 Å². The number of hydrogen-bond acceptors (Lipinski definition) is 5. The molecule has 3 aromatic carbocycles. The van der Waals surface area contributed by atoms with E-state index < -0.39 is 28.4 Å². The molecule has 0 aliphatic heterocycles. The van der Waals surface area contributed by atoms with Crippen molar-refractivity contribution in [3.05, 3.63) is 87.9 Å². The molecule has 0 heterocycles.